The van der Waals surface area contributed by atoms with Crippen LogP contribution in [0.25, 0.3) is 0 Å². The highest BCUT2D eigenvalue weighted by Crippen LogP contribution is 2.39. The number of benzene rings is 1. The number of hydrogen-bond donors (Lipinski definition) is 2. The Balaban J connectivity index is 2.09. The van der Waals surface area contributed by atoms with Crippen molar-refractivity contribution in [3.63, 3.8) is 0 Å². The van der Waals surface area contributed by atoms with Gasteiger partial charge in [0.25, 0.3) is 0 Å². The van der Waals surface area contributed by atoms with E-state index in [1.54, 1.807) is 13.8 Å². The standard InChI is InChI=1S/C14H15F2NO3/c1-14(2,7-3-4-10(15)11(16)5-7)17-12(18)8-6-9(8)13(19)20/h3-5,8-9H,6H2,1-2H3,(H,17,18)(H,19,20)/t8-,9+/m0/s1. The van der Waals surface area contributed by atoms with Crippen LogP contribution in [-0.4, -0.2) is 17.0 Å². The minimum absolute atomic E-state index is 0.315. The Morgan fingerprint density at radius 1 is 1.25 bits per heavy atom. The normalized spacial score (nSPS) is 21.4. The van der Waals surface area contributed by atoms with Gasteiger partial charge in [-0.05, 0) is 38.0 Å². The lowest BCUT2D eigenvalue weighted by molar-refractivity contribution is -0.140. The fourth-order valence-corrected chi connectivity index (χ4v) is 2.12. The van der Waals surface area contributed by atoms with Crippen LogP contribution in [0.2, 0.25) is 0 Å². The summed E-state index contributed by atoms with van der Waals surface area (Å²) in [7, 11) is 0. The number of carboxylic acid groups (broad SMARTS) is 1. The van der Waals surface area contributed by atoms with Gasteiger partial charge >= 0.3 is 5.97 Å². The highest BCUT2D eigenvalue weighted by Gasteiger charge is 2.49. The van der Waals surface area contributed by atoms with E-state index in [1.807, 2.05) is 0 Å². The molecule has 0 heterocycles. The molecule has 2 rings (SSSR count). The summed E-state index contributed by atoms with van der Waals surface area (Å²) in [6.45, 7) is 3.30. The van der Waals surface area contributed by atoms with Gasteiger partial charge in [0, 0.05) is 0 Å². The van der Waals surface area contributed by atoms with Crippen LogP contribution in [0.3, 0.4) is 0 Å². The molecule has 1 aromatic carbocycles. The Bertz CT molecular complexity index is 572. The van der Waals surface area contributed by atoms with Crippen LogP contribution in [0.4, 0.5) is 8.78 Å². The zero-order valence-corrected chi connectivity index (χ0v) is 11.1. The summed E-state index contributed by atoms with van der Waals surface area (Å²) < 4.78 is 26.1. The minimum Gasteiger partial charge on any atom is -0.481 e. The molecule has 1 aromatic rings. The molecule has 2 N–H and O–H groups in total. The topological polar surface area (TPSA) is 66.4 Å². The van der Waals surface area contributed by atoms with Crippen molar-refractivity contribution in [3.05, 3.63) is 35.4 Å². The Hall–Kier alpha value is -1.98. The van der Waals surface area contributed by atoms with E-state index in [-0.39, 0.29) is 5.91 Å². The first-order chi connectivity index (χ1) is 9.22. The lowest BCUT2D eigenvalue weighted by Gasteiger charge is -2.27. The maximum absolute atomic E-state index is 13.2. The number of carboxylic acids is 1. The third kappa shape index (κ3) is 2.79. The van der Waals surface area contributed by atoms with Crippen molar-refractivity contribution < 1.29 is 23.5 Å². The first kappa shape index (κ1) is 14.4. The molecule has 20 heavy (non-hydrogen) atoms. The maximum Gasteiger partial charge on any atom is 0.307 e. The van der Waals surface area contributed by atoms with Crippen molar-refractivity contribution in [2.45, 2.75) is 25.8 Å². The molecular weight excluding hydrogens is 268 g/mol. The van der Waals surface area contributed by atoms with Gasteiger partial charge in [-0.3, -0.25) is 9.59 Å². The average molecular weight is 283 g/mol. The number of carbonyl (C=O) groups excluding carboxylic acids is 1. The number of halogens is 2. The van der Waals surface area contributed by atoms with Gasteiger partial charge in [0.1, 0.15) is 0 Å². The van der Waals surface area contributed by atoms with Crippen LogP contribution in [0, 0.1) is 23.5 Å². The van der Waals surface area contributed by atoms with E-state index < -0.39 is 35.0 Å². The molecule has 6 heteroatoms. The molecule has 1 aliphatic carbocycles. The second-order valence-electron chi connectivity index (χ2n) is 5.53. The second-order valence-corrected chi connectivity index (χ2v) is 5.53. The van der Waals surface area contributed by atoms with E-state index >= 15 is 0 Å². The van der Waals surface area contributed by atoms with Crippen molar-refractivity contribution in [3.8, 4) is 0 Å². The molecule has 1 saturated carbocycles. The van der Waals surface area contributed by atoms with Crippen LogP contribution in [0.5, 0.6) is 0 Å². The number of rotatable bonds is 4. The number of hydrogen-bond acceptors (Lipinski definition) is 2. The van der Waals surface area contributed by atoms with Crippen molar-refractivity contribution in [2.75, 3.05) is 0 Å². The number of aliphatic carboxylic acids is 1. The van der Waals surface area contributed by atoms with Gasteiger partial charge in [0.05, 0.1) is 17.4 Å². The quantitative estimate of drug-likeness (QED) is 0.888. The van der Waals surface area contributed by atoms with Crippen molar-refractivity contribution in [2.24, 2.45) is 11.8 Å². The van der Waals surface area contributed by atoms with E-state index in [0.717, 1.165) is 12.1 Å². The summed E-state index contributed by atoms with van der Waals surface area (Å²) in [5.74, 6) is -4.50. The van der Waals surface area contributed by atoms with E-state index in [4.69, 9.17) is 5.11 Å². The number of amides is 1. The Morgan fingerprint density at radius 2 is 1.90 bits per heavy atom. The molecule has 0 spiro atoms. The molecule has 1 amide bonds. The summed E-state index contributed by atoms with van der Waals surface area (Å²) in [4.78, 5) is 22.6. The van der Waals surface area contributed by atoms with Crippen molar-refractivity contribution in [1.29, 1.82) is 0 Å². The zero-order chi connectivity index (χ0) is 15.1. The van der Waals surface area contributed by atoms with Crippen LogP contribution >= 0.6 is 0 Å². The third-order valence-electron chi connectivity index (χ3n) is 3.52. The molecular formula is C14H15F2NO3. The molecule has 1 fully saturated rings. The van der Waals surface area contributed by atoms with Crippen LogP contribution < -0.4 is 5.32 Å². The molecule has 0 saturated heterocycles. The van der Waals surface area contributed by atoms with Crippen LogP contribution in [0.15, 0.2) is 18.2 Å². The van der Waals surface area contributed by atoms with E-state index in [2.05, 4.69) is 5.32 Å². The van der Waals surface area contributed by atoms with E-state index in [1.165, 1.54) is 6.07 Å². The first-order valence-electron chi connectivity index (χ1n) is 6.23. The summed E-state index contributed by atoms with van der Waals surface area (Å²) in [6, 6.07) is 3.41. The summed E-state index contributed by atoms with van der Waals surface area (Å²) in [6.07, 6.45) is 0.315. The molecule has 4 nitrogen and oxygen atoms in total. The van der Waals surface area contributed by atoms with Crippen LogP contribution in [-0.2, 0) is 15.1 Å². The van der Waals surface area contributed by atoms with E-state index in [9.17, 15) is 18.4 Å². The Kier molecular flexibility index (Phi) is 3.50. The number of nitrogens with one attached hydrogen (secondary N) is 1. The first-order valence-corrected chi connectivity index (χ1v) is 6.23. The van der Waals surface area contributed by atoms with Gasteiger partial charge < -0.3 is 10.4 Å². The molecule has 108 valence electrons. The molecule has 1 aliphatic rings. The molecule has 0 radical (unpaired) electrons. The van der Waals surface area contributed by atoms with Gasteiger partial charge in [-0.15, -0.1) is 0 Å². The summed E-state index contributed by atoms with van der Waals surface area (Å²) in [5, 5.41) is 11.5. The molecule has 0 aromatic heterocycles. The maximum atomic E-state index is 13.2. The summed E-state index contributed by atoms with van der Waals surface area (Å²) in [5.41, 5.74) is -0.491. The molecule has 2 atom stereocenters. The van der Waals surface area contributed by atoms with Gasteiger partial charge in [0.2, 0.25) is 5.91 Å². The lowest BCUT2D eigenvalue weighted by Crippen LogP contribution is -2.42. The Morgan fingerprint density at radius 3 is 2.40 bits per heavy atom. The van der Waals surface area contributed by atoms with Gasteiger partial charge in [-0.1, -0.05) is 6.07 Å². The smallest absolute Gasteiger partial charge is 0.307 e. The van der Waals surface area contributed by atoms with Gasteiger partial charge in [-0.2, -0.15) is 0 Å². The molecule has 0 bridgehead atoms. The highest BCUT2D eigenvalue weighted by atomic mass is 19.2. The summed E-state index contributed by atoms with van der Waals surface area (Å²) >= 11 is 0. The van der Waals surface area contributed by atoms with Crippen molar-refractivity contribution >= 4 is 11.9 Å². The second kappa shape index (κ2) is 4.85. The van der Waals surface area contributed by atoms with Crippen LogP contribution in [0.1, 0.15) is 25.8 Å². The SMILES string of the molecule is CC(C)(NC(=O)[C@H]1C[C@H]1C(=O)O)c1ccc(F)c(F)c1. The van der Waals surface area contributed by atoms with Gasteiger partial charge in [-0.25, -0.2) is 8.78 Å². The van der Waals surface area contributed by atoms with Gasteiger partial charge in [0.15, 0.2) is 11.6 Å². The fraction of sp³-hybridized carbons (Fsp3) is 0.429. The zero-order valence-electron chi connectivity index (χ0n) is 11.1. The lowest BCUT2D eigenvalue weighted by atomic mass is 9.93. The minimum atomic E-state index is -0.990. The molecule has 0 unspecified atom stereocenters. The fourth-order valence-electron chi connectivity index (χ4n) is 2.12. The van der Waals surface area contributed by atoms with E-state index in [0.29, 0.717) is 12.0 Å². The monoisotopic (exact) mass is 283 g/mol. The number of carbonyl (C=O) groups is 2. The highest BCUT2D eigenvalue weighted by molar-refractivity contribution is 5.89. The Labute approximate surface area is 114 Å². The largest absolute Gasteiger partial charge is 0.481 e. The predicted molar refractivity (Wildman–Crippen MR) is 66.8 cm³/mol. The average Bonchev–Trinajstić information content (AvgIpc) is 3.12. The molecule has 0 aliphatic heterocycles. The third-order valence-corrected chi connectivity index (χ3v) is 3.52. The van der Waals surface area contributed by atoms with Crippen molar-refractivity contribution in [1.82, 2.24) is 5.32 Å². The predicted octanol–water partition coefficient (Wildman–Crippen LogP) is 2.04.